The minimum absolute atomic E-state index is 0.213. The normalized spacial score (nSPS) is 21.6. The molecular weight excluding hydrogens is 406 g/mol. The Morgan fingerprint density at radius 1 is 1.12 bits per heavy atom. The van der Waals surface area contributed by atoms with Crippen LogP contribution in [0.15, 0.2) is 34.9 Å². The van der Waals surface area contributed by atoms with E-state index in [1.165, 1.54) is 64.1 Å². The Balaban J connectivity index is 1.43. The first-order chi connectivity index (χ1) is 15.7. The quantitative estimate of drug-likeness (QED) is 0.669. The highest BCUT2D eigenvalue weighted by atomic mass is 16.5. The number of carbonyl (C=O) groups is 1. The van der Waals surface area contributed by atoms with E-state index in [4.69, 9.17) is 13.9 Å². The molecule has 0 aliphatic carbocycles. The molecule has 2 aliphatic rings. The first kappa shape index (κ1) is 22.8. The number of methoxy groups -OCH3 is 1. The van der Waals surface area contributed by atoms with Crippen LogP contribution >= 0.6 is 0 Å². The van der Waals surface area contributed by atoms with Gasteiger partial charge in [-0.3, -0.25) is 4.90 Å². The molecule has 0 amide bonds. The smallest absolute Gasteiger partial charge is 0.360 e. The van der Waals surface area contributed by atoms with E-state index in [9.17, 15) is 4.79 Å². The van der Waals surface area contributed by atoms with E-state index in [2.05, 4.69) is 33.0 Å². The molecule has 0 saturated carbocycles. The van der Waals surface area contributed by atoms with Crippen LogP contribution in [-0.4, -0.2) is 66.7 Å². The fraction of sp³-hybridized carbons (Fsp3) is 0.600. The zero-order valence-electron chi connectivity index (χ0n) is 19.1. The number of carbonyl (C=O) groups excluding carboxylic acids is 1. The molecule has 4 rings (SSSR count). The fourth-order valence-corrected chi connectivity index (χ4v) is 4.79. The van der Waals surface area contributed by atoms with Crippen molar-refractivity contribution in [1.82, 2.24) is 14.8 Å². The average molecular weight is 442 g/mol. The third kappa shape index (κ3) is 6.33. The Kier molecular flexibility index (Phi) is 8.18. The number of esters is 1. The Bertz CT molecular complexity index is 868. The molecule has 0 spiro atoms. The predicted octanol–water partition coefficient (Wildman–Crippen LogP) is 3.92. The number of fused-ring (bicyclic) bond motifs is 3. The van der Waals surface area contributed by atoms with Crippen LogP contribution in [0.5, 0.6) is 5.75 Å². The Hall–Kier alpha value is -2.38. The summed E-state index contributed by atoms with van der Waals surface area (Å²) in [6, 6.07) is 9.23. The van der Waals surface area contributed by atoms with Crippen molar-refractivity contribution >= 4 is 5.97 Å². The van der Waals surface area contributed by atoms with Gasteiger partial charge in [0, 0.05) is 12.6 Å². The van der Waals surface area contributed by atoms with Gasteiger partial charge < -0.3 is 18.8 Å². The van der Waals surface area contributed by atoms with Gasteiger partial charge in [0.2, 0.25) is 5.89 Å². The zero-order valence-corrected chi connectivity index (χ0v) is 19.1. The third-order valence-corrected chi connectivity index (χ3v) is 6.56. The van der Waals surface area contributed by atoms with Gasteiger partial charge >= 0.3 is 5.97 Å². The topological polar surface area (TPSA) is 68.0 Å². The number of ether oxygens (including phenoxy) is 2. The van der Waals surface area contributed by atoms with E-state index in [1.54, 1.807) is 0 Å². The predicted molar refractivity (Wildman–Crippen MR) is 122 cm³/mol. The second-order valence-corrected chi connectivity index (χ2v) is 8.82. The molecule has 1 saturated heterocycles. The second-order valence-electron chi connectivity index (χ2n) is 8.82. The van der Waals surface area contributed by atoms with Crippen LogP contribution in [0.2, 0.25) is 0 Å². The van der Waals surface area contributed by atoms with Gasteiger partial charge in [0.05, 0.1) is 13.7 Å². The molecule has 1 aromatic carbocycles. The largest absolute Gasteiger partial charge is 0.492 e. The molecule has 7 heteroatoms. The second kappa shape index (κ2) is 11.5. The molecule has 1 unspecified atom stereocenters. The summed E-state index contributed by atoms with van der Waals surface area (Å²) in [6.07, 6.45) is 9.98. The first-order valence-electron chi connectivity index (χ1n) is 11.9. The van der Waals surface area contributed by atoms with Crippen LogP contribution in [-0.2, 0) is 17.7 Å². The minimum Gasteiger partial charge on any atom is -0.492 e. The summed E-state index contributed by atoms with van der Waals surface area (Å²) >= 11 is 0. The van der Waals surface area contributed by atoms with Crippen molar-refractivity contribution in [3.63, 3.8) is 0 Å². The lowest BCUT2D eigenvalue weighted by atomic mass is 9.95. The van der Waals surface area contributed by atoms with Crippen molar-refractivity contribution in [2.45, 2.75) is 57.5 Å². The number of hydrogen-bond donors (Lipinski definition) is 0. The molecule has 2 aromatic rings. The van der Waals surface area contributed by atoms with Crippen molar-refractivity contribution in [1.29, 1.82) is 0 Å². The number of rotatable bonds is 3. The number of hydrogen-bond acceptors (Lipinski definition) is 7. The van der Waals surface area contributed by atoms with Gasteiger partial charge in [-0.05, 0) is 75.9 Å². The van der Waals surface area contributed by atoms with E-state index in [-0.39, 0.29) is 5.69 Å². The number of piperidine rings is 1. The zero-order chi connectivity index (χ0) is 22.2. The maximum Gasteiger partial charge on any atom is 0.360 e. The molecule has 2 bridgehead atoms. The SMILES string of the molecule is COC(=O)c1coc(CN2CCCCN3CCCCC3CCc3cccc(c3)OCC2)n1. The Morgan fingerprint density at radius 3 is 2.84 bits per heavy atom. The van der Waals surface area contributed by atoms with Crippen LogP contribution in [0.3, 0.4) is 0 Å². The van der Waals surface area contributed by atoms with Crippen LogP contribution in [0.1, 0.15) is 60.5 Å². The summed E-state index contributed by atoms with van der Waals surface area (Å²) < 4.78 is 16.3. The number of benzene rings is 1. The fourth-order valence-electron chi connectivity index (χ4n) is 4.79. The van der Waals surface area contributed by atoms with Crippen molar-refractivity contribution in [2.75, 3.05) is 39.9 Å². The van der Waals surface area contributed by atoms with Crippen LogP contribution in [0.25, 0.3) is 0 Å². The molecule has 7 nitrogen and oxygen atoms in total. The average Bonchev–Trinajstić information content (AvgIpc) is 3.28. The molecule has 1 fully saturated rings. The van der Waals surface area contributed by atoms with Gasteiger partial charge in [-0.25, -0.2) is 9.78 Å². The maximum absolute atomic E-state index is 11.7. The van der Waals surface area contributed by atoms with Crippen LogP contribution in [0, 0.1) is 0 Å². The molecule has 32 heavy (non-hydrogen) atoms. The van der Waals surface area contributed by atoms with Gasteiger partial charge in [0.15, 0.2) is 5.69 Å². The van der Waals surface area contributed by atoms with Crippen molar-refractivity contribution in [3.8, 4) is 5.75 Å². The number of oxazole rings is 1. The van der Waals surface area contributed by atoms with Gasteiger partial charge in [0.1, 0.15) is 18.6 Å². The van der Waals surface area contributed by atoms with Gasteiger partial charge in [-0.1, -0.05) is 18.6 Å². The molecule has 174 valence electrons. The van der Waals surface area contributed by atoms with E-state index in [0.717, 1.165) is 31.7 Å². The monoisotopic (exact) mass is 441 g/mol. The third-order valence-electron chi connectivity index (χ3n) is 6.56. The Labute approximate surface area is 190 Å². The molecule has 1 atom stereocenters. The summed E-state index contributed by atoms with van der Waals surface area (Å²) in [5.41, 5.74) is 1.57. The van der Waals surface area contributed by atoms with Crippen molar-refractivity contribution < 1.29 is 18.7 Å². The van der Waals surface area contributed by atoms with Gasteiger partial charge in [0.25, 0.3) is 0 Å². The van der Waals surface area contributed by atoms with E-state index in [1.807, 2.05) is 6.07 Å². The van der Waals surface area contributed by atoms with Gasteiger partial charge in [-0.2, -0.15) is 0 Å². The summed E-state index contributed by atoms with van der Waals surface area (Å²) in [7, 11) is 1.35. The lowest BCUT2D eigenvalue weighted by Crippen LogP contribution is -2.40. The molecular formula is C25H35N3O4. The Morgan fingerprint density at radius 2 is 1.97 bits per heavy atom. The summed E-state index contributed by atoms with van der Waals surface area (Å²) in [5, 5.41) is 0. The molecule has 0 radical (unpaired) electrons. The minimum atomic E-state index is -0.476. The lowest BCUT2D eigenvalue weighted by Gasteiger charge is -2.36. The summed E-state index contributed by atoms with van der Waals surface area (Å²) in [4.78, 5) is 21.0. The maximum atomic E-state index is 11.7. The highest BCUT2D eigenvalue weighted by Gasteiger charge is 2.22. The van der Waals surface area contributed by atoms with Crippen LogP contribution < -0.4 is 4.74 Å². The van der Waals surface area contributed by atoms with Crippen molar-refractivity contribution in [2.24, 2.45) is 0 Å². The highest BCUT2D eigenvalue weighted by Crippen LogP contribution is 2.23. The highest BCUT2D eigenvalue weighted by molar-refractivity contribution is 5.86. The van der Waals surface area contributed by atoms with Crippen molar-refractivity contribution in [3.05, 3.63) is 47.7 Å². The molecule has 2 aliphatic heterocycles. The van der Waals surface area contributed by atoms with Gasteiger partial charge in [-0.15, -0.1) is 0 Å². The number of aryl methyl sites for hydroxylation is 1. The first-order valence-corrected chi connectivity index (χ1v) is 11.9. The lowest BCUT2D eigenvalue weighted by molar-refractivity contribution is 0.0594. The number of aromatic nitrogens is 1. The molecule has 0 N–H and O–H groups in total. The standard InChI is InChI=1S/C25H35N3O4/c1-30-25(29)23-19-32-24(26-23)18-27-12-4-5-14-28-13-3-2-8-21(28)11-10-20-7-6-9-22(17-20)31-16-15-27/h6-7,9,17,19,21H,2-5,8,10-16,18H2,1H3. The number of nitrogens with zero attached hydrogens (tertiary/aromatic N) is 3. The van der Waals surface area contributed by atoms with E-state index >= 15 is 0 Å². The summed E-state index contributed by atoms with van der Waals surface area (Å²) in [5.74, 6) is 0.986. The molecule has 1 aromatic heterocycles. The summed E-state index contributed by atoms with van der Waals surface area (Å²) in [6.45, 7) is 5.25. The van der Waals surface area contributed by atoms with Crippen LogP contribution in [0.4, 0.5) is 0 Å². The van der Waals surface area contributed by atoms with E-state index in [0.29, 0.717) is 25.1 Å². The van der Waals surface area contributed by atoms with E-state index < -0.39 is 5.97 Å². The molecule has 3 heterocycles.